The average Bonchev–Trinajstić information content (AvgIpc) is 2.90. The fourth-order valence-corrected chi connectivity index (χ4v) is 3.71. The van der Waals surface area contributed by atoms with Gasteiger partial charge in [-0.15, -0.1) is 0 Å². The molecule has 0 bridgehead atoms. The van der Waals surface area contributed by atoms with E-state index in [4.69, 9.17) is 14.2 Å². The smallest absolute Gasteiger partial charge is 0.433 e. The molecule has 202 valence electrons. The van der Waals surface area contributed by atoms with Gasteiger partial charge in [0.2, 0.25) is 0 Å². The number of methoxy groups -OCH3 is 1. The topological polar surface area (TPSA) is 77.9 Å². The minimum Gasteiger partial charge on any atom is -0.496 e. The van der Waals surface area contributed by atoms with Crippen LogP contribution in [0.1, 0.15) is 29.3 Å². The summed E-state index contributed by atoms with van der Waals surface area (Å²) in [4.78, 5) is 15.1. The van der Waals surface area contributed by atoms with Crippen LogP contribution in [-0.2, 0) is 24.2 Å². The van der Waals surface area contributed by atoms with Crippen LogP contribution in [0.3, 0.4) is 0 Å². The Kier molecular flexibility index (Phi) is 8.04. The van der Waals surface area contributed by atoms with Gasteiger partial charge >= 0.3 is 12.1 Å². The van der Waals surface area contributed by atoms with E-state index in [1.165, 1.54) is 38.3 Å². The quantitative estimate of drug-likeness (QED) is 0.181. The molecule has 0 atom stereocenters. The van der Waals surface area contributed by atoms with Crippen LogP contribution in [-0.4, -0.2) is 23.2 Å². The van der Waals surface area contributed by atoms with Gasteiger partial charge in [-0.2, -0.15) is 13.2 Å². The Morgan fingerprint density at radius 2 is 1.62 bits per heavy atom. The number of aliphatic carboxylic acids is 1. The molecule has 3 aromatic carbocycles. The normalized spacial score (nSPS) is 11.9. The summed E-state index contributed by atoms with van der Waals surface area (Å²) in [7, 11) is 1.28. The van der Waals surface area contributed by atoms with Crippen LogP contribution in [0.25, 0.3) is 17.0 Å². The number of pyridine rings is 1. The number of aromatic nitrogens is 1. The van der Waals surface area contributed by atoms with Gasteiger partial charge in [0.05, 0.1) is 12.6 Å². The molecule has 6 nitrogen and oxygen atoms in total. The van der Waals surface area contributed by atoms with Gasteiger partial charge in [0.1, 0.15) is 42.0 Å². The zero-order valence-electron chi connectivity index (χ0n) is 20.9. The first kappa shape index (κ1) is 27.4. The molecule has 1 N–H and O–H groups in total. The molecular formula is C29H23F4NO5. The molecule has 0 radical (unpaired) electrons. The number of ether oxygens (including phenoxy) is 3. The predicted octanol–water partition coefficient (Wildman–Crippen LogP) is 7.05. The molecule has 0 unspecified atom stereocenters. The molecule has 39 heavy (non-hydrogen) atoms. The van der Waals surface area contributed by atoms with Gasteiger partial charge in [-0.1, -0.05) is 18.2 Å². The number of carbonyl (C=O) groups is 1. The number of hydrogen-bond donors (Lipinski definition) is 1. The Labute approximate surface area is 221 Å². The van der Waals surface area contributed by atoms with E-state index < -0.39 is 17.8 Å². The highest BCUT2D eigenvalue weighted by atomic mass is 19.4. The van der Waals surface area contributed by atoms with Crippen LogP contribution in [0.2, 0.25) is 0 Å². The molecule has 0 aliphatic rings. The molecule has 10 heteroatoms. The summed E-state index contributed by atoms with van der Waals surface area (Å²) in [5, 5.41) is 9.73. The molecule has 4 rings (SSSR count). The number of carboxylic acids is 1. The first-order valence-electron chi connectivity index (χ1n) is 11.6. The SMILES string of the molecule is COc1cc(C(F)(F)F)nc2ccc(COc3ccc(OCc4ccc(F)cc4)c(/C=C(\C)C(=O)O)c3)cc12. The Morgan fingerprint density at radius 3 is 2.28 bits per heavy atom. The van der Waals surface area contributed by atoms with Gasteiger partial charge < -0.3 is 19.3 Å². The maximum atomic E-state index is 13.2. The summed E-state index contributed by atoms with van der Waals surface area (Å²) in [6.07, 6.45) is -3.16. The van der Waals surface area contributed by atoms with Crippen LogP contribution < -0.4 is 14.2 Å². The van der Waals surface area contributed by atoms with E-state index >= 15 is 0 Å². The van der Waals surface area contributed by atoms with Crippen molar-refractivity contribution in [1.82, 2.24) is 4.98 Å². The van der Waals surface area contributed by atoms with Crippen LogP contribution in [0.5, 0.6) is 17.2 Å². The number of rotatable bonds is 9. The zero-order valence-corrected chi connectivity index (χ0v) is 20.9. The second-order valence-electron chi connectivity index (χ2n) is 8.59. The second-order valence-corrected chi connectivity index (χ2v) is 8.59. The van der Waals surface area contributed by atoms with Crippen molar-refractivity contribution in [3.05, 3.63) is 101 Å². The predicted molar refractivity (Wildman–Crippen MR) is 136 cm³/mol. The molecular weight excluding hydrogens is 518 g/mol. The Balaban J connectivity index is 1.56. The summed E-state index contributed by atoms with van der Waals surface area (Å²) >= 11 is 0. The lowest BCUT2D eigenvalue weighted by Gasteiger charge is -2.14. The fourth-order valence-electron chi connectivity index (χ4n) is 3.71. The van der Waals surface area contributed by atoms with Crippen LogP contribution in [0.4, 0.5) is 17.6 Å². The number of nitrogens with zero attached hydrogens (tertiary/aromatic N) is 1. The molecule has 1 aromatic heterocycles. The van der Waals surface area contributed by atoms with Crippen LogP contribution in [0.15, 0.2) is 72.3 Å². The van der Waals surface area contributed by atoms with Crippen molar-refractivity contribution in [1.29, 1.82) is 0 Å². The van der Waals surface area contributed by atoms with Crippen molar-refractivity contribution in [2.75, 3.05) is 7.11 Å². The Bertz CT molecular complexity index is 1530. The standard InChI is InChI=1S/C29H23F4NO5/c1-17(28(35)36)11-20-13-22(8-10-25(20)39-15-18-3-6-21(30)7-4-18)38-16-19-5-9-24-23(12-19)26(37-2)14-27(34-24)29(31,32)33/h3-14H,15-16H2,1-2H3,(H,35,36)/b17-11+. The van der Waals surface area contributed by atoms with Gasteiger partial charge in [-0.05, 0) is 66.6 Å². The van der Waals surface area contributed by atoms with E-state index in [1.807, 2.05) is 0 Å². The third-order valence-corrected chi connectivity index (χ3v) is 5.75. The molecule has 0 aliphatic heterocycles. The zero-order chi connectivity index (χ0) is 28.2. The van der Waals surface area contributed by atoms with E-state index in [2.05, 4.69) is 4.98 Å². The van der Waals surface area contributed by atoms with Crippen molar-refractivity contribution in [2.45, 2.75) is 26.3 Å². The monoisotopic (exact) mass is 541 g/mol. The van der Waals surface area contributed by atoms with Gasteiger partial charge in [0.15, 0.2) is 0 Å². The minimum absolute atomic E-state index is 0.0356. The van der Waals surface area contributed by atoms with E-state index in [0.29, 0.717) is 28.0 Å². The van der Waals surface area contributed by atoms with Gasteiger partial charge in [-0.3, -0.25) is 0 Å². The number of halogens is 4. The molecule has 0 aliphatic carbocycles. The first-order chi connectivity index (χ1) is 18.5. The van der Waals surface area contributed by atoms with Gasteiger partial charge in [0, 0.05) is 22.6 Å². The maximum absolute atomic E-state index is 13.2. The van der Waals surface area contributed by atoms with Crippen molar-refractivity contribution in [3.63, 3.8) is 0 Å². The van der Waals surface area contributed by atoms with E-state index in [1.54, 1.807) is 42.5 Å². The fraction of sp³-hybridized carbons (Fsp3) is 0.172. The highest BCUT2D eigenvalue weighted by Crippen LogP contribution is 2.35. The molecule has 0 saturated heterocycles. The summed E-state index contributed by atoms with van der Waals surface area (Å²) in [5.41, 5.74) is 0.993. The number of carboxylic acid groups (broad SMARTS) is 1. The number of fused-ring (bicyclic) bond motifs is 1. The van der Waals surface area contributed by atoms with Gasteiger partial charge in [-0.25, -0.2) is 14.2 Å². The van der Waals surface area contributed by atoms with E-state index in [9.17, 15) is 27.5 Å². The highest BCUT2D eigenvalue weighted by molar-refractivity contribution is 5.92. The van der Waals surface area contributed by atoms with Crippen LogP contribution in [0, 0.1) is 5.82 Å². The summed E-state index contributed by atoms with van der Waals surface area (Å²) in [6, 6.07) is 16.2. The third-order valence-electron chi connectivity index (χ3n) is 5.75. The lowest BCUT2D eigenvalue weighted by Crippen LogP contribution is -2.08. The largest absolute Gasteiger partial charge is 0.496 e. The molecule has 4 aromatic rings. The molecule has 0 fully saturated rings. The molecule has 1 heterocycles. The summed E-state index contributed by atoms with van der Waals surface area (Å²) in [6.45, 7) is 1.65. The molecule has 0 amide bonds. The van der Waals surface area contributed by atoms with Crippen molar-refractivity contribution >= 4 is 22.9 Å². The summed E-state index contributed by atoms with van der Waals surface area (Å²) in [5.74, 6) is -0.625. The lowest BCUT2D eigenvalue weighted by atomic mass is 10.1. The second kappa shape index (κ2) is 11.4. The molecule has 0 spiro atoms. The van der Waals surface area contributed by atoms with Crippen molar-refractivity contribution in [2.24, 2.45) is 0 Å². The number of benzene rings is 3. The average molecular weight is 541 g/mol. The third kappa shape index (κ3) is 6.84. The Morgan fingerprint density at radius 1 is 0.923 bits per heavy atom. The molecule has 0 saturated carbocycles. The first-order valence-corrected chi connectivity index (χ1v) is 11.6. The van der Waals surface area contributed by atoms with E-state index in [-0.39, 0.29) is 35.9 Å². The van der Waals surface area contributed by atoms with E-state index in [0.717, 1.165) is 11.6 Å². The van der Waals surface area contributed by atoms with Crippen molar-refractivity contribution < 1.29 is 41.7 Å². The number of alkyl halides is 3. The lowest BCUT2D eigenvalue weighted by molar-refractivity contribution is -0.141. The maximum Gasteiger partial charge on any atom is 0.433 e. The Hall–Kier alpha value is -4.60. The van der Waals surface area contributed by atoms with Gasteiger partial charge in [0.25, 0.3) is 0 Å². The van der Waals surface area contributed by atoms with Crippen molar-refractivity contribution in [3.8, 4) is 17.2 Å². The van der Waals surface area contributed by atoms with Crippen LogP contribution >= 0.6 is 0 Å². The summed E-state index contributed by atoms with van der Waals surface area (Å²) < 4.78 is 69.5. The number of hydrogen-bond acceptors (Lipinski definition) is 5. The minimum atomic E-state index is -4.61. The highest BCUT2D eigenvalue weighted by Gasteiger charge is 2.33.